The quantitative estimate of drug-likeness (QED) is 0.215. The largest absolute Gasteiger partial charge is 0.508 e. The number of nitrogens with one attached hydrogen (secondary N) is 1. The number of imide groups is 1. The fraction of sp³-hybridized carbons (Fsp3) is 0.426. The van der Waals surface area contributed by atoms with E-state index in [0.717, 1.165) is 63.4 Å². The van der Waals surface area contributed by atoms with Crippen LogP contribution in [-0.4, -0.2) is 84.0 Å². The van der Waals surface area contributed by atoms with Gasteiger partial charge in [-0.1, -0.05) is 48.5 Å². The van der Waals surface area contributed by atoms with Crippen LogP contribution in [0, 0.1) is 5.41 Å². The summed E-state index contributed by atoms with van der Waals surface area (Å²) in [6.07, 6.45) is 7.82. The van der Waals surface area contributed by atoms with E-state index in [1.54, 1.807) is 4.90 Å². The van der Waals surface area contributed by atoms with Crippen molar-refractivity contribution >= 4 is 29.1 Å². The number of piperazine rings is 1. The molecule has 4 fully saturated rings. The molecule has 2 N–H and O–H groups in total. The standard InChI is InChI=1S/C47H51N5O4/c53-38-12-15-40-33(27-38)8-13-39(31-4-2-1-3-5-31)44(40)32-6-9-35(10-7-32)49-20-18-47(19-21-49)28-37(29-47)51-24-22-50(23-25-51)36-11-14-41-34(26-36)30-52(46(41)56)42-16-17-43(54)48-45(42)55/h1-7,9-12,14-15,26-27,37,39,42,44,53H,8,13,16-25,28-30H2,(H,48,54,55). The monoisotopic (exact) mass is 749 g/mol. The minimum absolute atomic E-state index is 0.116. The first kappa shape index (κ1) is 35.3. The summed E-state index contributed by atoms with van der Waals surface area (Å²) in [6.45, 7) is 6.68. The molecule has 0 radical (unpaired) electrons. The first-order chi connectivity index (χ1) is 27.3. The number of carbonyl (C=O) groups excluding carboxylic acids is 3. The summed E-state index contributed by atoms with van der Waals surface area (Å²) in [5.41, 5.74) is 9.94. The first-order valence-corrected chi connectivity index (χ1v) is 20.8. The van der Waals surface area contributed by atoms with Crippen molar-refractivity contribution in [1.82, 2.24) is 15.1 Å². The topological polar surface area (TPSA) is 96.4 Å². The van der Waals surface area contributed by atoms with Gasteiger partial charge in [-0.15, -0.1) is 0 Å². The van der Waals surface area contributed by atoms with Crippen LogP contribution in [0.2, 0.25) is 0 Å². The zero-order valence-electron chi connectivity index (χ0n) is 32.0. The summed E-state index contributed by atoms with van der Waals surface area (Å²) in [7, 11) is 0. The number of amides is 3. The molecular weight excluding hydrogens is 699 g/mol. The number of hydrogen-bond acceptors (Lipinski definition) is 7. The molecule has 0 bridgehead atoms. The molecule has 3 atom stereocenters. The molecule has 288 valence electrons. The van der Waals surface area contributed by atoms with E-state index < -0.39 is 6.04 Å². The second-order valence-corrected chi connectivity index (χ2v) is 17.3. The van der Waals surface area contributed by atoms with E-state index >= 15 is 0 Å². The highest BCUT2D eigenvalue weighted by Gasteiger charge is 2.48. The Labute approximate surface area is 329 Å². The minimum atomic E-state index is -0.582. The fourth-order valence-electron chi connectivity index (χ4n) is 11.1. The summed E-state index contributed by atoms with van der Waals surface area (Å²) in [4.78, 5) is 46.7. The smallest absolute Gasteiger partial charge is 0.255 e. The van der Waals surface area contributed by atoms with Crippen LogP contribution in [0.1, 0.15) is 95.0 Å². The third-order valence-electron chi connectivity index (χ3n) is 14.3. The number of carbonyl (C=O) groups is 3. The predicted molar refractivity (Wildman–Crippen MR) is 217 cm³/mol. The lowest BCUT2D eigenvalue weighted by molar-refractivity contribution is -0.136. The second-order valence-electron chi connectivity index (χ2n) is 17.3. The molecule has 9 nitrogen and oxygen atoms in total. The molecular formula is C47H51N5O4. The Morgan fingerprint density at radius 2 is 1.41 bits per heavy atom. The van der Waals surface area contributed by atoms with Crippen LogP contribution in [0.5, 0.6) is 5.75 Å². The Bertz CT molecular complexity index is 2150. The number of phenolic OH excluding ortho intramolecular Hbond substituents is 1. The highest BCUT2D eigenvalue weighted by Crippen LogP contribution is 2.52. The maximum Gasteiger partial charge on any atom is 0.255 e. The molecule has 4 heterocycles. The van der Waals surface area contributed by atoms with Gasteiger partial charge in [-0.2, -0.15) is 0 Å². The van der Waals surface area contributed by atoms with Gasteiger partial charge < -0.3 is 19.8 Å². The van der Waals surface area contributed by atoms with E-state index in [1.807, 2.05) is 18.2 Å². The van der Waals surface area contributed by atoms with Gasteiger partial charge in [0.15, 0.2) is 0 Å². The van der Waals surface area contributed by atoms with Gasteiger partial charge in [0.25, 0.3) is 5.91 Å². The third kappa shape index (κ3) is 6.34. The number of benzene rings is 4. The molecule has 2 aliphatic carbocycles. The Morgan fingerprint density at radius 1 is 0.679 bits per heavy atom. The maximum absolute atomic E-state index is 13.2. The summed E-state index contributed by atoms with van der Waals surface area (Å²) < 4.78 is 0. The van der Waals surface area contributed by atoms with Crippen molar-refractivity contribution in [3.05, 3.63) is 124 Å². The Balaban J connectivity index is 0.728. The molecule has 10 rings (SSSR count). The minimum Gasteiger partial charge on any atom is -0.508 e. The van der Waals surface area contributed by atoms with E-state index in [1.165, 1.54) is 53.6 Å². The van der Waals surface area contributed by atoms with Crippen LogP contribution in [0.15, 0.2) is 91.0 Å². The molecule has 6 aliphatic rings. The Hall–Kier alpha value is -5.15. The molecule has 3 saturated heterocycles. The lowest BCUT2D eigenvalue weighted by Crippen LogP contribution is -2.59. The van der Waals surface area contributed by atoms with E-state index in [4.69, 9.17) is 0 Å². The van der Waals surface area contributed by atoms with Gasteiger partial charge in [-0.25, -0.2) is 0 Å². The molecule has 4 aromatic rings. The maximum atomic E-state index is 13.2. The normalized spacial score (nSPS) is 25.2. The van der Waals surface area contributed by atoms with E-state index in [9.17, 15) is 19.5 Å². The lowest BCUT2D eigenvalue weighted by atomic mass is 9.60. The molecule has 1 saturated carbocycles. The van der Waals surface area contributed by atoms with Gasteiger partial charge in [0, 0.05) is 81.1 Å². The Kier molecular flexibility index (Phi) is 8.88. The number of hydrogen-bond donors (Lipinski definition) is 2. The molecule has 56 heavy (non-hydrogen) atoms. The zero-order chi connectivity index (χ0) is 38.0. The SMILES string of the molecule is O=C1CCC(N2Cc3cc(N4CCN(C5CC6(CCN(c7ccc(C8c9ccc(O)cc9CCC8c8ccccc8)cc7)CC6)C5)CC4)ccc3C2=O)C(=O)N1. The molecule has 1 spiro atoms. The number of phenols is 1. The molecule has 4 aliphatic heterocycles. The van der Waals surface area contributed by atoms with E-state index in [-0.39, 0.29) is 30.1 Å². The molecule has 3 amide bonds. The fourth-order valence-corrected chi connectivity index (χ4v) is 11.1. The van der Waals surface area contributed by atoms with Gasteiger partial charge in [-0.05, 0) is 127 Å². The number of aromatic hydroxyl groups is 1. The van der Waals surface area contributed by atoms with Crippen molar-refractivity contribution in [2.24, 2.45) is 5.41 Å². The van der Waals surface area contributed by atoms with Crippen LogP contribution in [0.3, 0.4) is 0 Å². The number of anilines is 2. The lowest BCUT2D eigenvalue weighted by Gasteiger charge is -2.56. The molecule has 9 heteroatoms. The van der Waals surface area contributed by atoms with Gasteiger partial charge in [0.05, 0.1) is 0 Å². The average Bonchev–Trinajstić information content (AvgIpc) is 3.54. The van der Waals surface area contributed by atoms with Gasteiger partial charge >= 0.3 is 0 Å². The van der Waals surface area contributed by atoms with Crippen LogP contribution in [0.4, 0.5) is 11.4 Å². The van der Waals surface area contributed by atoms with Crippen molar-refractivity contribution in [3.8, 4) is 5.75 Å². The number of nitrogens with zero attached hydrogens (tertiary/aromatic N) is 4. The van der Waals surface area contributed by atoms with Gasteiger partial charge in [0.2, 0.25) is 11.8 Å². The molecule has 3 unspecified atom stereocenters. The van der Waals surface area contributed by atoms with Crippen molar-refractivity contribution in [3.63, 3.8) is 0 Å². The average molecular weight is 750 g/mol. The Morgan fingerprint density at radius 3 is 2.16 bits per heavy atom. The highest BCUT2D eigenvalue weighted by molar-refractivity contribution is 6.05. The number of fused-ring (bicyclic) bond motifs is 2. The summed E-state index contributed by atoms with van der Waals surface area (Å²) >= 11 is 0. The van der Waals surface area contributed by atoms with Crippen LogP contribution in [-0.2, 0) is 22.6 Å². The van der Waals surface area contributed by atoms with Crippen LogP contribution in [0.25, 0.3) is 0 Å². The second kappa shape index (κ2) is 14.1. The van der Waals surface area contributed by atoms with Gasteiger partial charge in [0.1, 0.15) is 11.8 Å². The zero-order valence-corrected chi connectivity index (χ0v) is 32.0. The van der Waals surface area contributed by atoms with Crippen molar-refractivity contribution in [2.75, 3.05) is 49.1 Å². The van der Waals surface area contributed by atoms with Crippen LogP contribution >= 0.6 is 0 Å². The van der Waals surface area contributed by atoms with Crippen molar-refractivity contribution < 1.29 is 19.5 Å². The third-order valence-corrected chi connectivity index (χ3v) is 14.3. The van der Waals surface area contributed by atoms with Crippen molar-refractivity contribution in [1.29, 1.82) is 0 Å². The predicted octanol–water partition coefficient (Wildman–Crippen LogP) is 6.59. The van der Waals surface area contributed by atoms with Crippen molar-refractivity contribution in [2.45, 2.75) is 81.8 Å². The van der Waals surface area contributed by atoms with E-state index in [2.05, 4.69) is 92.8 Å². The summed E-state index contributed by atoms with van der Waals surface area (Å²) in [6, 6.07) is 32.5. The van der Waals surface area contributed by atoms with Gasteiger partial charge in [-0.3, -0.25) is 24.6 Å². The highest BCUT2D eigenvalue weighted by atomic mass is 16.3. The van der Waals surface area contributed by atoms with Crippen LogP contribution < -0.4 is 15.1 Å². The first-order valence-electron chi connectivity index (χ1n) is 20.8. The number of rotatable bonds is 6. The summed E-state index contributed by atoms with van der Waals surface area (Å²) in [5, 5.41) is 12.6. The number of aryl methyl sites for hydroxylation is 1. The van der Waals surface area contributed by atoms with E-state index in [0.29, 0.717) is 41.7 Å². The molecule has 4 aromatic carbocycles. The summed E-state index contributed by atoms with van der Waals surface area (Å²) in [5.74, 6) is 0.292. The molecule has 0 aromatic heterocycles. The number of piperidine rings is 2.